The summed E-state index contributed by atoms with van der Waals surface area (Å²) >= 11 is 3.58. The molecule has 1 saturated heterocycles. The summed E-state index contributed by atoms with van der Waals surface area (Å²) in [6, 6.07) is 4.30. The lowest BCUT2D eigenvalue weighted by Crippen LogP contribution is -2.11. The third kappa shape index (κ3) is 1.91. The maximum Gasteiger partial charge on any atom is 0.132 e. The molecule has 1 atom stereocenters. The van der Waals surface area contributed by atoms with Gasteiger partial charge in [0.15, 0.2) is 0 Å². The van der Waals surface area contributed by atoms with E-state index in [-0.39, 0.29) is 0 Å². The van der Waals surface area contributed by atoms with E-state index in [4.69, 9.17) is 4.98 Å². The van der Waals surface area contributed by atoms with E-state index in [1.54, 1.807) is 0 Å². The van der Waals surface area contributed by atoms with E-state index in [2.05, 4.69) is 63.0 Å². The van der Waals surface area contributed by atoms with E-state index < -0.39 is 0 Å². The van der Waals surface area contributed by atoms with Gasteiger partial charge in [-0.1, -0.05) is 0 Å². The zero-order valence-electron chi connectivity index (χ0n) is 10.7. The lowest BCUT2D eigenvalue weighted by Gasteiger charge is -2.13. The number of nitrogens with zero attached hydrogens (tertiary/aromatic N) is 3. The van der Waals surface area contributed by atoms with Gasteiger partial charge in [-0.25, -0.2) is 4.98 Å². The fraction of sp³-hybridized carbons (Fsp3) is 0.462. The average Bonchev–Trinajstić information content (AvgIpc) is 2.97. The van der Waals surface area contributed by atoms with Gasteiger partial charge in [0.25, 0.3) is 0 Å². The van der Waals surface area contributed by atoms with Gasteiger partial charge in [-0.15, -0.1) is 0 Å². The van der Waals surface area contributed by atoms with Crippen molar-refractivity contribution in [3.8, 4) is 0 Å². The highest BCUT2D eigenvalue weighted by Gasteiger charge is 2.22. The normalized spacial score (nSPS) is 19.6. The Labute approximate surface area is 115 Å². The molecule has 1 fully saturated rings. The maximum atomic E-state index is 4.69. The number of aromatic nitrogens is 2. The van der Waals surface area contributed by atoms with E-state index in [1.807, 2.05) is 0 Å². The van der Waals surface area contributed by atoms with Crippen LogP contribution < -0.4 is 10.2 Å². The summed E-state index contributed by atoms with van der Waals surface area (Å²) in [5.41, 5.74) is 2.34. The molecule has 0 saturated carbocycles. The molecular weight excluding hydrogens is 292 g/mol. The molecule has 4 nitrogen and oxygen atoms in total. The highest BCUT2D eigenvalue weighted by Crippen LogP contribution is 2.29. The number of rotatable bonds is 2. The topological polar surface area (TPSA) is 32.6 Å². The van der Waals surface area contributed by atoms with Crippen LogP contribution in [-0.4, -0.2) is 36.6 Å². The van der Waals surface area contributed by atoms with Gasteiger partial charge in [-0.3, -0.25) is 0 Å². The molecule has 3 heterocycles. The van der Waals surface area contributed by atoms with Gasteiger partial charge in [0.2, 0.25) is 0 Å². The molecule has 0 spiro atoms. The van der Waals surface area contributed by atoms with E-state index in [0.717, 1.165) is 29.0 Å². The minimum atomic E-state index is 0.522. The van der Waals surface area contributed by atoms with Gasteiger partial charge >= 0.3 is 0 Å². The minimum Gasteiger partial charge on any atom is -0.378 e. The first-order valence-electron chi connectivity index (χ1n) is 6.22. The molecular formula is C13H17BrN4. The first-order valence-corrected chi connectivity index (χ1v) is 7.01. The van der Waals surface area contributed by atoms with E-state index in [9.17, 15) is 0 Å². The minimum absolute atomic E-state index is 0.522. The van der Waals surface area contributed by atoms with E-state index in [0.29, 0.717) is 5.92 Å². The SMILES string of the molecule is CN(C)c1ccn2c(C3CCNC3)nc(Br)c2c1. The fourth-order valence-electron chi connectivity index (χ4n) is 2.50. The standard InChI is InChI=1S/C13H17BrN4/c1-17(2)10-4-6-18-11(7-10)12(14)16-13(18)9-3-5-15-8-9/h4,6-7,9,15H,3,5,8H2,1-2H3. The average molecular weight is 309 g/mol. The van der Waals surface area contributed by atoms with Crippen LogP contribution in [-0.2, 0) is 0 Å². The molecule has 0 bridgehead atoms. The van der Waals surface area contributed by atoms with Gasteiger partial charge < -0.3 is 14.6 Å². The van der Waals surface area contributed by atoms with Crippen molar-refractivity contribution in [2.75, 3.05) is 32.1 Å². The van der Waals surface area contributed by atoms with Gasteiger partial charge in [0, 0.05) is 38.4 Å². The number of hydrogen-bond acceptors (Lipinski definition) is 3. The monoisotopic (exact) mass is 308 g/mol. The van der Waals surface area contributed by atoms with Crippen molar-refractivity contribution < 1.29 is 0 Å². The third-order valence-corrected chi connectivity index (χ3v) is 4.13. The Bertz CT molecular complexity index is 570. The highest BCUT2D eigenvalue weighted by molar-refractivity contribution is 9.10. The molecule has 1 unspecified atom stereocenters. The predicted octanol–water partition coefficient (Wildman–Crippen LogP) is 2.24. The first kappa shape index (κ1) is 12.0. The second kappa shape index (κ2) is 4.55. The number of nitrogens with one attached hydrogen (secondary N) is 1. The van der Waals surface area contributed by atoms with Crippen LogP contribution in [0.15, 0.2) is 22.9 Å². The van der Waals surface area contributed by atoms with E-state index >= 15 is 0 Å². The summed E-state index contributed by atoms with van der Waals surface area (Å²) in [5.74, 6) is 1.68. The van der Waals surface area contributed by atoms with E-state index in [1.165, 1.54) is 12.1 Å². The molecule has 0 radical (unpaired) electrons. The molecule has 3 rings (SSSR count). The fourth-order valence-corrected chi connectivity index (χ4v) is 2.99. The molecule has 1 aliphatic heterocycles. The van der Waals surface area contributed by atoms with Gasteiger partial charge in [0.05, 0.1) is 5.52 Å². The molecule has 2 aromatic rings. The highest BCUT2D eigenvalue weighted by atomic mass is 79.9. The summed E-state index contributed by atoms with van der Waals surface area (Å²) in [4.78, 5) is 6.80. The summed E-state index contributed by atoms with van der Waals surface area (Å²) < 4.78 is 3.14. The summed E-state index contributed by atoms with van der Waals surface area (Å²) in [6.07, 6.45) is 3.29. The molecule has 96 valence electrons. The van der Waals surface area contributed by atoms with Crippen LogP contribution in [0.1, 0.15) is 18.2 Å². The van der Waals surface area contributed by atoms with Crippen LogP contribution >= 0.6 is 15.9 Å². The molecule has 1 aliphatic rings. The van der Waals surface area contributed by atoms with Crippen molar-refractivity contribution in [3.63, 3.8) is 0 Å². The van der Waals surface area contributed by atoms with Crippen molar-refractivity contribution in [2.45, 2.75) is 12.3 Å². The number of pyridine rings is 1. The van der Waals surface area contributed by atoms with Gasteiger partial charge in [-0.05, 0) is 41.0 Å². The van der Waals surface area contributed by atoms with Crippen LogP contribution in [0, 0.1) is 0 Å². The number of halogens is 1. The van der Waals surface area contributed by atoms with Crippen molar-refractivity contribution in [1.82, 2.24) is 14.7 Å². The Balaban J connectivity index is 2.12. The summed E-state index contributed by atoms with van der Waals surface area (Å²) in [7, 11) is 4.11. The second-order valence-electron chi connectivity index (χ2n) is 4.99. The lowest BCUT2D eigenvalue weighted by atomic mass is 10.1. The van der Waals surface area contributed by atoms with Crippen LogP contribution in [0.2, 0.25) is 0 Å². The third-order valence-electron chi connectivity index (χ3n) is 3.55. The Morgan fingerprint density at radius 3 is 3.00 bits per heavy atom. The Morgan fingerprint density at radius 1 is 1.50 bits per heavy atom. The number of fused-ring (bicyclic) bond motifs is 1. The first-order chi connectivity index (χ1) is 8.66. The van der Waals surface area contributed by atoms with Crippen molar-refractivity contribution in [3.05, 3.63) is 28.8 Å². The molecule has 1 N–H and O–H groups in total. The lowest BCUT2D eigenvalue weighted by molar-refractivity contribution is 0.698. The predicted molar refractivity (Wildman–Crippen MR) is 77.4 cm³/mol. The largest absolute Gasteiger partial charge is 0.378 e. The quantitative estimate of drug-likeness (QED) is 0.923. The second-order valence-corrected chi connectivity index (χ2v) is 5.74. The smallest absolute Gasteiger partial charge is 0.132 e. The van der Waals surface area contributed by atoms with Crippen LogP contribution in [0.25, 0.3) is 5.52 Å². The van der Waals surface area contributed by atoms with Crippen LogP contribution in [0.4, 0.5) is 5.69 Å². The number of anilines is 1. The van der Waals surface area contributed by atoms with Crippen LogP contribution in [0.3, 0.4) is 0 Å². The summed E-state index contributed by atoms with van der Waals surface area (Å²) in [5, 5.41) is 3.40. The van der Waals surface area contributed by atoms with Gasteiger partial charge in [-0.2, -0.15) is 0 Å². The van der Waals surface area contributed by atoms with Crippen molar-refractivity contribution in [1.29, 1.82) is 0 Å². The molecule has 18 heavy (non-hydrogen) atoms. The van der Waals surface area contributed by atoms with Crippen LogP contribution in [0.5, 0.6) is 0 Å². The molecule has 0 aromatic carbocycles. The van der Waals surface area contributed by atoms with Gasteiger partial charge in [0.1, 0.15) is 10.4 Å². The zero-order valence-corrected chi connectivity index (χ0v) is 12.2. The Hall–Kier alpha value is -1.07. The van der Waals surface area contributed by atoms with Crippen molar-refractivity contribution >= 4 is 27.1 Å². The zero-order chi connectivity index (χ0) is 12.7. The Kier molecular flexibility index (Phi) is 3.03. The number of imidazole rings is 1. The molecule has 0 aliphatic carbocycles. The molecule has 2 aromatic heterocycles. The summed E-state index contributed by atoms with van der Waals surface area (Å²) in [6.45, 7) is 2.12. The van der Waals surface area contributed by atoms with Crippen molar-refractivity contribution in [2.24, 2.45) is 0 Å². The molecule has 5 heteroatoms. The molecule has 0 amide bonds. The number of hydrogen-bond donors (Lipinski definition) is 1. The Morgan fingerprint density at radius 2 is 2.33 bits per heavy atom. The maximum absolute atomic E-state index is 4.69.